The van der Waals surface area contributed by atoms with Crippen LogP contribution in [-0.4, -0.2) is 22.2 Å². The van der Waals surface area contributed by atoms with Crippen LogP contribution in [-0.2, 0) is 4.79 Å². The zero-order chi connectivity index (χ0) is 19.3. The highest BCUT2D eigenvalue weighted by molar-refractivity contribution is 7.10. The number of hydrogen-bond acceptors (Lipinski definition) is 3. The standard InChI is InChI=1S/C22H26N4OS/c1-16-8-10-17(11-9-16)22(19-7-4-14-28-19)23-15-21(27)25-20-12-13-24-26(20)18-5-2-3-6-18/h4,7-14,18,22-23H,2-3,5-6,15H2,1H3,(H,25,27)/p+1/t22-/m0/s1. The van der Waals surface area contributed by atoms with Crippen LogP contribution >= 0.6 is 11.3 Å². The molecule has 1 fully saturated rings. The van der Waals surface area contributed by atoms with Gasteiger partial charge in [-0.1, -0.05) is 48.7 Å². The van der Waals surface area contributed by atoms with E-state index in [1.165, 1.54) is 28.8 Å². The number of nitrogens with zero attached hydrogens (tertiary/aromatic N) is 2. The van der Waals surface area contributed by atoms with Crippen LogP contribution in [0.15, 0.2) is 54.0 Å². The predicted molar refractivity (Wildman–Crippen MR) is 112 cm³/mol. The van der Waals surface area contributed by atoms with E-state index in [0.29, 0.717) is 12.6 Å². The number of benzene rings is 1. The predicted octanol–water partition coefficient (Wildman–Crippen LogP) is 3.66. The minimum Gasteiger partial charge on any atom is -0.328 e. The van der Waals surface area contributed by atoms with Crippen LogP contribution in [0.5, 0.6) is 0 Å². The second-order valence-electron chi connectivity index (χ2n) is 7.49. The Morgan fingerprint density at radius 2 is 2.04 bits per heavy atom. The van der Waals surface area contributed by atoms with E-state index in [1.54, 1.807) is 17.5 Å². The molecule has 0 spiro atoms. The minimum atomic E-state index is 0.00779. The first kappa shape index (κ1) is 18.9. The molecule has 1 saturated carbocycles. The molecule has 0 saturated heterocycles. The Morgan fingerprint density at radius 3 is 2.75 bits per heavy atom. The molecule has 0 unspecified atom stereocenters. The van der Waals surface area contributed by atoms with Gasteiger partial charge < -0.3 is 10.6 Å². The second-order valence-corrected chi connectivity index (χ2v) is 8.47. The Balaban J connectivity index is 1.42. The average molecular weight is 396 g/mol. The molecule has 5 nitrogen and oxygen atoms in total. The second kappa shape index (κ2) is 8.71. The first-order valence-electron chi connectivity index (χ1n) is 9.97. The summed E-state index contributed by atoms with van der Waals surface area (Å²) in [4.78, 5) is 13.9. The highest BCUT2D eigenvalue weighted by Gasteiger charge is 2.23. The Hall–Kier alpha value is -2.44. The summed E-state index contributed by atoms with van der Waals surface area (Å²) in [7, 11) is 0. The summed E-state index contributed by atoms with van der Waals surface area (Å²) in [5.74, 6) is 0.821. The fourth-order valence-corrected chi connectivity index (χ4v) is 4.78. The van der Waals surface area contributed by atoms with Crippen LogP contribution in [0.3, 0.4) is 0 Å². The lowest BCUT2D eigenvalue weighted by Crippen LogP contribution is -2.87. The van der Waals surface area contributed by atoms with E-state index < -0.39 is 0 Å². The molecule has 0 aliphatic heterocycles. The third kappa shape index (κ3) is 4.34. The van der Waals surface area contributed by atoms with Crippen molar-refractivity contribution in [3.05, 3.63) is 70.0 Å². The number of carbonyl (C=O) groups excluding carboxylic acids is 1. The van der Waals surface area contributed by atoms with Gasteiger partial charge in [-0.25, -0.2) is 4.68 Å². The number of rotatable bonds is 7. The molecule has 0 bridgehead atoms. The molecule has 3 N–H and O–H groups in total. The number of anilines is 1. The van der Waals surface area contributed by atoms with Crippen LogP contribution < -0.4 is 10.6 Å². The van der Waals surface area contributed by atoms with Gasteiger partial charge in [0.15, 0.2) is 6.54 Å². The zero-order valence-electron chi connectivity index (χ0n) is 16.2. The molecule has 1 aliphatic rings. The SMILES string of the molecule is Cc1ccc([C@H]([NH2+]CC(=O)Nc2ccnn2C2CCCC2)c2cccs2)cc1. The number of quaternary nitrogens is 1. The van der Waals surface area contributed by atoms with E-state index in [-0.39, 0.29) is 11.9 Å². The normalized spacial score (nSPS) is 15.6. The van der Waals surface area contributed by atoms with Crippen molar-refractivity contribution in [1.29, 1.82) is 0 Å². The summed E-state index contributed by atoms with van der Waals surface area (Å²) in [6, 6.07) is 15.2. The number of aryl methyl sites for hydroxylation is 1. The van der Waals surface area contributed by atoms with E-state index in [9.17, 15) is 4.79 Å². The quantitative estimate of drug-likeness (QED) is 0.641. The van der Waals surface area contributed by atoms with E-state index >= 15 is 0 Å². The minimum absolute atomic E-state index is 0.00779. The Labute approximate surface area is 169 Å². The molecule has 1 aromatic carbocycles. The van der Waals surface area contributed by atoms with Crippen molar-refractivity contribution in [2.75, 3.05) is 11.9 Å². The van der Waals surface area contributed by atoms with E-state index in [2.05, 4.69) is 64.4 Å². The maximum Gasteiger partial charge on any atom is 0.280 e. The van der Waals surface area contributed by atoms with Crippen molar-refractivity contribution in [3.63, 3.8) is 0 Å². The molecule has 6 heteroatoms. The van der Waals surface area contributed by atoms with Crippen LogP contribution in [0.25, 0.3) is 0 Å². The fourth-order valence-electron chi connectivity index (χ4n) is 3.93. The Bertz CT molecular complexity index is 895. The highest BCUT2D eigenvalue weighted by Crippen LogP contribution is 2.31. The van der Waals surface area contributed by atoms with Gasteiger partial charge in [-0.2, -0.15) is 5.10 Å². The van der Waals surface area contributed by atoms with Gasteiger partial charge in [0.25, 0.3) is 5.91 Å². The van der Waals surface area contributed by atoms with Gasteiger partial charge in [0.2, 0.25) is 0 Å². The molecule has 146 valence electrons. The van der Waals surface area contributed by atoms with E-state index in [0.717, 1.165) is 18.7 Å². The summed E-state index contributed by atoms with van der Waals surface area (Å²) in [5, 5.41) is 11.7. The van der Waals surface area contributed by atoms with Crippen molar-refractivity contribution in [2.24, 2.45) is 0 Å². The molecule has 1 amide bonds. The van der Waals surface area contributed by atoms with Gasteiger partial charge >= 0.3 is 0 Å². The Morgan fingerprint density at radius 1 is 1.25 bits per heavy atom. The topological polar surface area (TPSA) is 63.5 Å². The van der Waals surface area contributed by atoms with Crippen molar-refractivity contribution in [1.82, 2.24) is 9.78 Å². The average Bonchev–Trinajstić information content (AvgIpc) is 3.46. The first-order chi connectivity index (χ1) is 13.7. The largest absolute Gasteiger partial charge is 0.328 e. The lowest BCUT2D eigenvalue weighted by atomic mass is 10.0. The van der Waals surface area contributed by atoms with Gasteiger partial charge in [0.05, 0.1) is 17.1 Å². The molecular formula is C22H27N4OS+. The van der Waals surface area contributed by atoms with Crippen LogP contribution in [0, 0.1) is 6.92 Å². The molecule has 4 rings (SSSR count). The zero-order valence-corrected chi connectivity index (χ0v) is 17.0. The number of nitrogens with one attached hydrogen (secondary N) is 1. The highest BCUT2D eigenvalue weighted by atomic mass is 32.1. The number of thiophene rings is 1. The molecule has 3 aromatic rings. The molecular weight excluding hydrogens is 368 g/mol. The third-order valence-electron chi connectivity index (χ3n) is 5.43. The van der Waals surface area contributed by atoms with Crippen LogP contribution in [0.1, 0.15) is 53.8 Å². The van der Waals surface area contributed by atoms with E-state index in [1.807, 2.05) is 10.7 Å². The van der Waals surface area contributed by atoms with Crippen molar-refractivity contribution >= 4 is 23.1 Å². The maximum atomic E-state index is 12.7. The van der Waals surface area contributed by atoms with Gasteiger partial charge in [-0.05, 0) is 31.2 Å². The third-order valence-corrected chi connectivity index (χ3v) is 6.39. The summed E-state index contributed by atoms with van der Waals surface area (Å²) in [5.41, 5.74) is 2.46. The number of aromatic nitrogens is 2. The molecule has 0 radical (unpaired) electrons. The van der Waals surface area contributed by atoms with Crippen molar-refractivity contribution < 1.29 is 10.1 Å². The van der Waals surface area contributed by atoms with Crippen LogP contribution in [0.4, 0.5) is 5.82 Å². The maximum absolute atomic E-state index is 12.7. The number of hydrogen-bond donors (Lipinski definition) is 2. The molecule has 2 heterocycles. The Kier molecular flexibility index (Phi) is 5.88. The summed E-state index contributed by atoms with van der Waals surface area (Å²) in [6.45, 7) is 2.46. The molecule has 1 atom stereocenters. The molecule has 28 heavy (non-hydrogen) atoms. The van der Waals surface area contributed by atoms with Crippen molar-refractivity contribution in [3.8, 4) is 0 Å². The van der Waals surface area contributed by atoms with Crippen LogP contribution in [0.2, 0.25) is 0 Å². The number of nitrogens with two attached hydrogens (primary N) is 1. The number of amides is 1. The monoisotopic (exact) mass is 395 g/mol. The summed E-state index contributed by atoms with van der Waals surface area (Å²) < 4.78 is 1.99. The smallest absolute Gasteiger partial charge is 0.280 e. The van der Waals surface area contributed by atoms with Gasteiger partial charge in [-0.15, -0.1) is 11.3 Å². The summed E-state index contributed by atoms with van der Waals surface area (Å²) >= 11 is 1.73. The van der Waals surface area contributed by atoms with Gasteiger partial charge in [0.1, 0.15) is 11.9 Å². The lowest BCUT2D eigenvalue weighted by molar-refractivity contribution is -0.675. The van der Waals surface area contributed by atoms with Gasteiger partial charge in [0, 0.05) is 11.6 Å². The number of carbonyl (C=O) groups is 1. The first-order valence-corrected chi connectivity index (χ1v) is 10.9. The fraction of sp³-hybridized carbons (Fsp3) is 0.364. The molecule has 2 aromatic heterocycles. The lowest BCUT2D eigenvalue weighted by Gasteiger charge is -2.16. The van der Waals surface area contributed by atoms with Crippen molar-refractivity contribution in [2.45, 2.75) is 44.7 Å². The molecule has 1 aliphatic carbocycles. The van der Waals surface area contributed by atoms with Gasteiger partial charge in [-0.3, -0.25) is 4.79 Å². The van der Waals surface area contributed by atoms with E-state index in [4.69, 9.17) is 0 Å². The summed E-state index contributed by atoms with van der Waals surface area (Å²) in [6.07, 6.45) is 6.54.